The largest absolute Gasteiger partial charge is 0.433 e. The van der Waals surface area contributed by atoms with Gasteiger partial charge in [-0.15, -0.1) is 0 Å². The Kier molecular flexibility index (Phi) is 5.87. The van der Waals surface area contributed by atoms with Gasteiger partial charge in [0.2, 0.25) is 0 Å². The zero-order valence-electron chi connectivity index (χ0n) is 17.2. The predicted octanol–water partition coefficient (Wildman–Crippen LogP) is 6.39. The predicted molar refractivity (Wildman–Crippen MR) is 109 cm³/mol. The molecule has 0 aliphatic heterocycles. The van der Waals surface area contributed by atoms with Crippen molar-refractivity contribution in [2.75, 3.05) is 5.32 Å². The summed E-state index contributed by atoms with van der Waals surface area (Å²) in [6.07, 6.45) is -1.87. The van der Waals surface area contributed by atoms with Crippen LogP contribution in [0.4, 0.5) is 27.6 Å². The number of hydrogen-bond donors (Lipinski definition) is 1. The number of carbonyl (C=O) groups is 1. The first kappa shape index (κ1) is 22.2. The summed E-state index contributed by atoms with van der Waals surface area (Å²) < 4.78 is 67.8. The standard InChI is InChI=1S/C22H21F5N4O/c1-12-5-7-14(8-6-12)31-11-13-9-18(15(20(23)24)10-17(13)30-31)29-21(32)16-3-2-4-19(28-16)22(25,26)27/h2-4,9-12,14,20H,5-8H2,1H3,(H,29,32)/t12-,14-. The van der Waals surface area contributed by atoms with Crippen molar-refractivity contribution in [2.24, 2.45) is 5.92 Å². The monoisotopic (exact) mass is 452 g/mol. The molecule has 1 aliphatic rings. The van der Waals surface area contributed by atoms with Crippen molar-refractivity contribution in [2.45, 2.75) is 51.3 Å². The average Bonchev–Trinajstić information content (AvgIpc) is 3.16. The number of anilines is 1. The summed E-state index contributed by atoms with van der Waals surface area (Å²) in [7, 11) is 0. The van der Waals surface area contributed by atoms with Crippen molar-refractivity contribution in [3.8, 4) is 0 Å². The van der Waals surface area contributed by atoms with E-state index in [1.54, 1.807) is 10.9 Å². The molecule has 1 fully saturated rings. The Morgan fingerprint density at radius 3 is 2.53 bits per heavy atom. The number of aromatic nitrogens is 3. The van der Waals surface area contributed by atoms with Crippen molar-refractivity contribution in [3.05, 3.63) is 53.5 Å². The number of nitrogens with one attached hydrogen (secondary N) is 1. The highest BCUT2D eigenvalue weighted by atomic mass is 19.4. The number of halogens is 5. The van der Waals surface area contributed by atoms with Crippen LogP contribution in [0.15, 0.2) is 36.5 Å². The van der Waals surface area contributed by atoms with Crippen molar-refractivity contribution >= 4 is 22.5 Å². The maximum absolute atomic E-state index is 13.7. The molecule has 0 unspecified atom stereocenters. The summed E-state index contributed by atoms with van der Waals surface area (Å²) in [6, 6.07) is 5.62. The van der Waals surface area contributed by atoms with E-state index in [1.807, 2.05) is 0 Å². The van der Waals surface area contributed by atoms with Crippen LogP contribution in [0.25, 0.3) is 10.9 Å². The lowest BCUT2D eigenvalue weighted by molar-refractivity contribution is -0.141. The lowest BCUT2D eigenvalue weighted by Crippen LogP contribution is -2.17. The third kappa shape index (κ3) is 4.58. The Morgan fingerprint density at radius 1 is 1.16 bits per heavy atom. The minimum absolute atomic E-state index is 0.181. The first-order valence-corrected chi connectivity index (χ1v) is 10.3. The number of amides is 1. The molecule has 1 aliphatic carbocycles. The van der Waals surface area contributed by atoms with Crippen LogP contribution in [0, 0.1) is 5.92 Å². The highest BCUT2D eigenvalue weighted by Gasteiger charge is 2.33. The van der Waals surface area contributed by atoms with Gasteiger partial charge >= 0.3 is 6.18 Å². The lowest BCUT2D eigenvalue weighted by Gasteiger charge is -2.26. The molecule has 3 aromatic rings. The number of nitrogens with zero attached hydrogens (tertiary/aromatic N) is 3. The Labute approximate surface area is 180 Å². The van der Waals surface area contributed by atoms with E-state index in [0.717, 1.165) is 43.9 Å². The second-order valence-electron chi connectivity index (χ2n) is 8.18. The smallest absolute Gasteiger partial charge is 0.320 e. The molecule has 1 N–H and O–H groups in total. The van der Waals surface area contributed by atoms with E-state index in [2.05, 4.69) is 22.3 Å². The normalized spacial score (nSPS) is 19.5. The van der Waals surface area contributed by atoms with E-state index in [1.165, 1.54) is 12.1 Å². The van der Waals surface area contributed by atoms with Gasteiger partial charge in [-0.3, -0.25) is 9.48 Å². The van der Waals surface area contributed by atoms with Crippen LogP contribution in [-0.2, 0) is 6.18 Å². The zero-order valence-corrected chi connectivity index (χ0v) is 17.2. The molecular weight excluding hydrogens is 431 g/mol. The lowest BCUT2D eigenvalue weighted by atomic mass is 9.87. The Morgan fingerprint density at radius 2 is 1.88 bits per heavy atom. The van der Waals surface area contributed by atoms with E-state index < -0.39 is 35.5 Å². The first-order chi connectivity index (χ1) is 15.1. The minimum Gasteiger partial charge on any atom is -0.320 e. The maximum atomic E-state index is 13.7. The zero-order chi connectivity index (χ0) is 23.0. The summed E-state index contributed by atoms with van der Waals surface area (Å²) in [5.74, 6) is -0.362. The van der Waals surface area contributed by atoms with Gasteiger partial charge in [0.1, 0.15) is 11.4 Å². The molecule has 1 aromatic carbocycles. The molecule has 170 valence electrons. The van der Waals surface area contributed by atoms with E-state index in [9.17, 15) is 26.7 Å². The quantitative estimate of drug-likeness (QED) is 0.467. The van der Waals surface area contributed by atoms with Gasteiger partial charge in [0.15, 0.2) is 0 Å². The van der Waals surface area contributed by atoms with Crippen LogP contribution in [-0.4, -0.2) is 20.7 Å². The number of benzene rings is 1. The Bertz CT molecular complexity index is 1130. The van der Waals surface area contributed by atoms with Crippen molar-refractivity contribution in [3.63, 3.8) is 0 Å². The molecule has 0 saturated heterocycles. The van der Waals surface area contributed by atoms with Gasteiger partial charge in [-0.2, -0.15) is 18.3 Å². The van der Waals surface area contributed by atoms with Gasteiger partial charge < -0.3 is 5.32 Å². The summed E-state index contributed by atoms with van der Waals surface area (Å²) in [4.78, 5) is 15.8. The van der Waals surface area contributed by atoms with Gasteiger partial charge in [-0.05, 0) is 55.9 Å². The van der Waals surface area contributed by atoms with E-state index in [4.69, 9.17) is 0 Å². The Hall–Kier alpha value is -3.04. The molecule has 10 heteroatoms. The van der Waals surface area contributed by atoms with Gasteiger partial charge in [-0.25, -0.2) is 13.8 Å². The molecule has 1 amide bonds. The summed E-state index contributed by atoms with van der Waals surface area (Å²) >= 11 is 0. The van der Waals surface area contributed by atoms with Gasteiger partial charge in [0.05, 0.1) is 17.2 Å². The highest BCUT2D eigenvalue weighted by Crippen LogP contribution is 2.35. The van der Waals surface area contributed by atoms with Crippen molar-refractivity contribution in [1.82, 2.24) is 14.8 Å². The van der Waals surface area contributed by atoms with Crippen LogP contribution in [0.1, 0.15) is 66.8 Å². The number of carbonyl (C=O) groups excluding carboxylic acids is 1. The summed E-state index contributed by atoms with van der Waals surface area (Å²) in [6.45, 7) is 2.19. The molecule has 2 aromatic heterocycles. The van der Waals surface area contributed by atoms with Crippen LogP contribution in [0.5, 0.6) is 0 Å². The van der Waals surface area contributed by atoms with Crippen LogP contribution in [0.2, 0.25) is 0 Å². The van der Waals surface area contributed by atoms with Gasteiger partial charge in [0.25, 0.3) is 12.3 Å². The average molecular weight is 452 g/mol. The molecule has 0 atom stereocenters. The maximum Gasteiger partial charge on any atom is 0.433 e. The summed E-state index contributed by atoms with van der Waals surface area (Å²) in [5, 5.41) is 7.30. The number of hydrogen-bond acceptors (Lipinski definition) is 3. The molecule has 32 heavy (non-hydrogen) atoms. The molecule has 0 spiro atoms. The van der Waals surface area contributed by atoms with Crippen LogP contribution >= 0.6 is 0 Å². The topological polar surface area (TPSA) is 59.8 Å². The summed E-state index contributed by atoms with van der Waals surface area (Å²) in [5.41, 5.74) is -2.03. The number of pyridine rings is 1. The number of alkyl halides is 5. The molecule has 1 saturated carbocycles. The molecule has 4 rings (SSSR count). The fourth-order valence-electron chi connectivity index (χ4n) is 4.00. The van der Waals surface area contributed by atoms with Gasteiger partial charge in [-0.1, -0.05) is 13.0 Å². The fraction of sp³-hybridized carbons (Fsp3) is 0.409. The first-order valence-electron chi connectivity index (χ1n) is 10.3. The highest BCUT2D eigenvalue weighted by molar-refractivity contribution is 6.04. The third-order valence-electron chi connectivity index (χ3n) is 5.81. The van der Waals surface area contributed by atoms with Crippen molar-refractivity contribution in [1.29, 1.82) is 0 Å². The second kappa shape index (κ2) is 8.48. The molecular formula is C22H21F5N4O. The fourth-order valence-corrected chi connectivity index (χ4v) is 4.00. The van der Waals surface area contributed by atoms with Crippen molar-refractivity contribution < 1.29 is 26.7 Å². The third-order valence-corrected chi connectivity index (χ3v) is 5.81. The Balaban J connectivity index is 1.64. The SMILES string of the molecule is C[C@H]1CC[C@H](n2cc3cc(NC(=O)c4cccc(C(F)(F)F)n4)c(C(F)F)cc3n2)CC1. The molecule has 2 heterocycles. The minimum atomic E-state index is -4.73. The second-order valence-corrected chi connectivity index (χ2v) is 8.18. The van der Waals surface area contributed by atoms with E-state index >= 15 is 0 Å². The van der Waals surface area contributed by atoms with Crippen LogP contribution < -0.4 is 5.32 Å². The van der Waals surface area contributed by atoms with E-state index in [0.29, 0.717) is 16.8 Å². The molecule has 5 nitrogen and oxygen atoms in total. The van der Waals surface area contributed by atoms with Gasteiger partial charge in [0, 0.05) is 17.1 Å². The van der Waals surface area contributed by atoms with Crippen LogP contribution in [0.3, 0.4) is 0 Å². The number of rotatable bonds is 4. The van der Waals surface area contributed by atoms with E-state index in [-0.39, 0.29) is 11.7 Å². The molecule has 0 bridgehead atoms. The number of fused-ring (bicyclic) bond motifs is 1. The molecule has 0 radical (unpaired) electrons.